The molecule has 0 unspecified atom stereocenters. The molecule has 0 saturated heterocycles. The highest BCUT2D eigenvalue weighted by molar-refractivity contribution is 14.0. The average Bonchev–Trinajstić information content (AvgIpc) is 3.32. The van der Waals surface area contributed by atoms with Crippen LogP contribution in [-0.4, -0.2) is 45.3 Å². The van der Waals surface area contributed by atoms with Gasteiger partial charge >= 0.3 is 0 Å². The summed E-state index contributed by atoms with van der Waals surface area (Å²) in [5.41, 5.74) is 3.86. The first-order chi connectivity index (χ1) is 13.3. The van der Waals surface area contributed by atoms with E-state index in [4.69, 9.17) is 0 Å². The molecule has 0 radical (unpaired) electrons. The Morgan fingerprint density at radius 1 is 1.18 bits per heavy atom. The highest BCUT2D eigenvalue weighted by atomic mass is 127. The lowest BCUT2D eigenvalue weighted by Crippen LogP contribution is -2.38. The van der Waals surface area contributed by atoms with Crippen LogP contribution in [0.1, 0.15) is 30.9 Å². The number of aromatic nitrogens is 4. The monoisotopic (exact) mass is 495 g/mol. The second-order valence-corrected chi connectivity index (χ2v) is 6.66. The number of guanidine groups is 1. The number of hydrogen-bond donors (Lipinski definition) is 3. The van der Waals surface area contributed by atoms with E-state index in [0.29, 0.717) is 0 Å². The van der Waals surface area contributed by atoms with E-state index in [2.05, 4.69) is 69.1 Å². The number of nitrogens with one attached hydrogen (secondary N) is 3. The van der Waals surface area contributed by atoms with Crippen molar-refractivity contribution in [2.45, 2.75) is 39.7 Å². The van der Waals surface area contributed by atoms with Crippen molar-refractivity contribution in [3.05, 3.63) is 48.2 Å². The molecule has 0 atom stereocenters. The molecule has 1 aromatic carbocycles. The zero-order valence-corrected chi connectivity index (χ0v) is 18.9. The van der Waals surface area contributed by atoms with Crippen LogP contribution in [-0.2, 0) is 13.0 Å². The van der Waals surface area contributed by atoms with E-state index in [0.717, 1.165) is 51.4 Å². The summed E-state index contributed by atoms with van der Waals surface area (Å²) in [7, 11) is 0. The lowest BCUT2D eigenvalue weighted by molar-refractivity contribution is 0.611. The molecule has 8 heteroatoms. The van der Waals surface area contributed by atoms with Crippen molar-refractivity contribution in [1.82, 2.24) is 30.4 Å². The quantitative estimate of drug-likeness (QED) is 0.184. The highest BCUT2D eigenvalue weighted by Crippen LogP contribution is 2.21. The van der Waals surface area contributed by atoms with E-state index in [9.17, 15) is 0 Å². The molecule has 0 aliphatic carbocycles. The van der Waals surface area contributed by atoms with Gasteiger partial charge in [0.05, 0.1) is 0 Å². The van der Waals surface area contributed by atoms with Gasteiger partial charge in [-0.2, -0.15) is 0 Å². The van der Waals surface area contributed by atoms with Crippen LogP contribution < -0.4 is 10.6 Å². The van der Waals surface area contributed by atoms with Crippen molar-refractivity contribution < 1.29 is 0 Å². The fourth-order valence-corrected chi connectivity index (χ4v) is 3.16. The maximum absolute atomic E-state index is 4.67. The SMILES string of the molecule is CCNC(=NCCCCn1cnnc1)NCCc1c[nH]c2c(C)cccc12.I. The van der Waals surface area contributed by atoms with Crippen molar-refractivity contribution in [3.63, 3.8) is 0 Å². The van der Waals surface area contributed by atoms with E-state index in [1.807, 2.05) is 4.57 Å². The third-order valence-corrected chi connectivity index (χ3v) is 4.60. The molecule has 0 bridgehead atoms. The molecule has 28 heavy (non-hydrogen) atoms. The Bertz CT molecular complexity index is 855. The molecule has 2 heterocycles. The molecule has 0 fully saturated rings. The van der Waals surface area contributed by atoms with E-state index >= 15 is 0 Å². The lowest BCUT2D eigenvalue weighted by atomic mass is 10.1. The van der Waals surface area contributed by atoms with Gasteiger partial charge < -0.3 is 20.2 Å². The first-order valence-electron chi connectivity index (χ1n) is 9.68. The number of aliphatic imine (C=N–C) groups is 1. The number of nitrogens with zero attached hydrogens (tertiary/aromatic N) is 4. The molecule has 3 rings (SSSR count). The van der Waals surface area contributed by atoms with E-state index in [1.54, 1.807) is 12.7 Å². The third kappa shape index (κ3) is 6.22. The number of unbranched alkanes of at least 4 members (excludes halogenated alkanes) is 1. The van der Waals surface area contributed by atoms with Gasteiger partial charge in [-0.1, -0.05) is 18.2 Å². The Kier molecular flexibility index (Phi) is 9.26. The zero-order chi connectivity index (χ0) is 18.9. The fourth-order valence-electron chi connectivity index (χ4n) is 3.16. The first-order valence-corrected chi connectivity index (χ1v) is 9.68. The summed E-state index contributed by atoms with van der Waals surface area (Å²) in [5.74, 6) is 0.887. The predicted molar refractivity (Wildman–Crippen MR) is 125 cm³/mol. The molecular formula is C20H30IN7. The Morgan fingerprint density at radius 3 is 2.79 bits per heavy atom. The number of hydrogen-bond acceptors (Lipinski definition) is 3. The Hall–Kier alpha value is -2.10. The molecule has 3 aromatic rings. The van der Waals surface area contributed by atoms with Crippen molar-refractivity contribution in [1.29, 1.82) is 0 Å². The molecule has 2 aromatic heterocycles. The Morgan fingerprint density at radius 2 is 2.00 bits per heavy atom. The minimum Gasteiger partial charge on any atom is -0.361 e. The molecule has 0 aliphatic heterocycles. The van der Waals surface area contributed by atoms with Gasteiger partial charge in [0.1, 0.15) is 12.7 Å². The number of benzene rings is 1. The van der Waals surface area contributed by atoms with Crippen LogP contribution in [0.25, 0.3) is 10.9 Å². The topological polar surface area (TPSA) is 82.9 Å². The summed E-state index contributed by atoms with van der Waals surface area (Å²) in [5, 5.41) is 15.7. The minimum atomic E-state index is 0. The largest absolute Gasteiger partial charge is 0.361 e. The molecule has 7 nitrogen and oxygen atoms in total. The maximum Gasteiger partial charge on any atom is 0.191 e. The number of rotatable bonds is 9. The maximum atomic E-state index is 4.67. The van der Waals surface area contributed by atoms with Gasteiger partial charge in [-0.3, -0.25) is 4.99 Å². The van der Waals surface area contributed by atoms with Crippen LogP contribution in [0.15, 0.2) is 42.0 Å². The van der Waals surface area contributed by atoms with Crippen LogP contribution in [0.5, 0.6) is 0 Å². The van der Waals surface area contributed by atoms with Crippen LogP contribution >= 0.6 is 24.0 Å². The Labute approximate surface area is 183 Å². The van der Waals surface area contributed by atoms with Gasteiger partial charge in [0, 0.05) is 43.3 Å². The summed E-state index contributed by atoms with van der Waals surface area (Å²) >= 11 is 0. The van der Waals surface area contributed by atoms with Crippen LogP contribution in [0.2, 0.25) is 0 Å². The van der Waals surface area contributed by atoms with Gasteiger partial charge in [0.2, 0.25) is 0 Å². The molecule has 0 aliphatic rings. The number of fused-ring (bicyclic) bond motifs is 1. The molecular weight excluding hydrogens is 465 g/mol. The summed E-state index contributed by atoms with van der Waals surface area (Å²) in [4.78, 5) is 8.07. The molecule has 3 N–H and O–H groups in total. The molecule has 0 amide bonds. The second-order valence-electron chi connectivity index (χ2n) is 6.66. The van der Waals surface area contributed by atoms with Crippen LogP contribution in [0.4, 0.5) is 0 Å². The van der Waals surface area contributed by atoms with Crippen LogP contribution in [0.3, 0.4) is 0 Å². The summed E-state index contributed by atoms with van der Waals surface area (Å²) in [6.07, 6.45) is 8.68. The van der Waals surface area contributed by atoms with Gasteiger partial charge in [0.25, 0.3) is 0 Å². The van der Waals surface area contributed by atoms with Gasteiger partial charge in [0.15, 0.2) is 5.96 Å². The number of H-pyrrole nitrogens is 1. The van der Waals surface area contributed by atoms with E-state index in [-0.39, 0.29) is 24.0 Å². The second kappa shape index (κ2) is 11.7. The smallest absolute Gasteiger partial charge is 0.191 e. The zero-order valence-electron chi connectivity index (χ0n) is 16.6. The minimum absolute atomic E-state index is 0. The number of aryl methyl sites for hydroxylation is 2. The predicted octanol–water partition coefficient (Wildman–Crippen LogP) is 3.26. The number of aromatic amines is 1. The van der Waals surface area contributed by atoms with E-state index in [1.165, 1.54) is 22.0 Å². The van der Waals surface area contributed by atoms with Crippen molar-refractivity contribution in [3.8, 4) is 0 Å². The van der Waals surface area contributed by atoms with Gasteiger partial charge in [-0.05, 0) is 44.2 Å². The summed E-state index contributed by atoms with van der Waals surface area (Å²) in [6.45, 7) is 7.69. The highest BCUT2D eigenvalue weighted by Gasteiger charge is 2.05. The third-order valence-electron chi connectivity index (χ3n) is 4.60. The van der Waals surface area contributed by atoms with E-state index < -0.39 is 0 Å². The molecule has 152 valence electrons. The fraction of sp³-hybridized carbons (Fsp3) is 0.450. The average molecular weight is 495 g/mol. The first kappa shape index (κ1) is 22.2. The molecule has 0 spiro atoms. The number of halogens is 1. The Balaban J connectivity index is 0.00000280. The van der Waals surface area contributed by atoms with Crippen molar-refractivity contribution in [2.75, 3.05) is 19.6 Å². The standard InChI is InChI=1S/C20H29N7.HI/c1-3-21-20(22-10-4-5-12-27-14-25-26-15-27)23-11-9-17-13-24-19-16(2)7-6-8-18(17)19;/h6-8,13-15,24H,3-5,9-12H2,1-2H3,(H2,21,22,23);1H. The summed E-state index contributed by atoms with van der Waals surface area (Å²) in [6, 6.07) is 6.44. The molecule has 0 saturated carbocycles. The number of para-hydroxylation sites is 1. The van der Waals surface area contributed by atoms with Crippen LogP contribution in [0, 0.1) is 6.92 Å². The normalized spacial score (nSPS) is 11.4. The van der Waals surface area contributed by atoms with Crippen molar-refractivity contribution >= 4 is 40.8 Å². The van der Waals surface area contributed by atoms with Gasteiger partial charge in [-0.15, -0.1) is 34.2 Å². The van der Waals surface area contributed by atoms with Gasteiger partial charge in [-0.25, -0.2) is 0 Å². The van der Waals surface area contributed by atoms with Crippen molar-refractivity contribution in [2.24, 2.45) is 4.99 Å². The summed E-state index contributed by atoms with van der Waals surface area (Å²) < 4.78 is 2.00. The lowest BCUT2D eigenvalue weighted by Gasteiger charge is -2.11.